The van der Waals surface area contributed by atoms with Crippen LogP contribution in [0.1, 0.15) is 16.7 Å². The van der Waals surface area contributed by atoms with Gasteiger partial charge in [-0.25, -0.2) is 4.39 Å². The van der Waals surface area contributed by atoms with E-state index < -0.39 is 23.1 Å². The number of hydrogen-bond acceptors (Lipinski definition) is 4. The van der Waals surface area contributed by atoms with E-state index >= 15 is 0 Å². The number of aliphatic hydroxyl groups is 1. The molecule has 5 nitrogen and oxygen atoms in total. The van der Waals surface area contributed by atoms with Crippen LogP contribution >= 0.6 is 23.2 Å². The first-order chi connectivity index (χ1) is 12.6. The lowest BCUT2D eigenvalue weighted by Gasteiger charge is -2.18. The number of carbonyl (C=O) groups is 1. The van der Waals surface area contributed by atoms with E-state index in [9.17, 15) is 24.7 Å². The van der Waals surface area contributed by atoms with Crippen LogP contribution in [0.25, 0.3) is 5.76 Å². The fourth-order valence-electron chi connectivity index (χ4n) is 2.39. The minimum atomic E-state index is -0.809. The fraction of sp³-hybridized carbons (Fsp3) is 0.158. The van der Waals surface area contributed by atoms with Crippen molar-refractivity contribution in [3.8, 4) is 11.8 Å². The van der Waals surface area contributed by atoms with Crippen molar-refractivity contribution >= 4 is 34.9 Å². The van der Waals surface area contributed by atoms with Crippen molar-refractivity contribution < 1.29 is 19.4 Å². The average molecular weight is 409 g/mol. The van der Waals surface area contributed by atoms with Gasteiger partial charge < -0.3 is 15.1 Å². The summed E-state index contributed by atoms with van der Waals surface area (Å²) in [7, 11) is 1.38. The Labute approximate surface area is 165 Å². The van der Waals surface area contributed by atoms with Crippen LogP contribution in [-0.4, -0.2) is 28.1 Å². The summed E-state index contributed by atoms with van der Waals surface area (Å²) in [6.45, 7) is 1.69. The second kappa shape index (κ2) is 8.30. The Morgan fingerprint density at radius 2 is 1.85 bits per heavy atom. The highest BCUT2D eigenvalue weighted by Gasteiger charge is 2.22. The molecule has 0 unspecified atom stereocenters. The molecule has 2 N–H and O–H groups in total. The molecule has 0 atom stereocenters. The molecule has 0 fully saturated rings. The first-order valence-electron chi connectivity index (χ1n) is 7.68. The number of benzene rings is 2. The number of carbonyl (C=O) groups excluding carboxylic acids is 1. The summed E-state index contributed by atoms with van der Waals surface area (Å²) >= 11 is 11.6. The Morgan fingerprint density at radius 1 is 1.26 bits per heavy atom. The minimum absolute atomic E-state index is 0.0113. The molecule has 0 aliphatic rings. The van der Waals surface area contributed by atoms with Crippen molar-refractivity contribution in [2.75, 3.05) is 7.05 Å². The Balaban J connectivity index is 2.38. The van der Waals surface area contributed by atoms with Crippen LogP contribution in [0.15, 0.2) is 35.9 Å². The third kappa shape index (κ3) is 4.51. The second-order valence-electron chi connectivity index (χ2n) is 5.88. The van der Waals surface area contributed by atoms with E-state index in [1.165, 1.54) is 25.2 Å². The number of halogens is 3. The van der Waals surface area contributed by atoms with E-state index in [4.69, 9.17) is 23.2 Å². The number of aryl methyl sites for hydroxylation is 1. The van der Waals surface area contributed by atoms with Gasteiger partial charge in [0.1, 0.15) is 17.6 Å². The molecule has 140 valence electrons. The topological polar surface area (TPSA) is 84.6 Å². The molecule has 2 aromatic carbocycles. The first-order valence-corrected chi connectivity index (χ1v) is 8.43. The van der Waals surface area contributed by atoms with E-state index in [1.807, 2.05) is 0 Å². The Kier molecular flexibility index (Phi) is 6.32. The highest BCUT2D eigenvalue weighted by atomic mass is 35.5. The van der Waals surface area contributed by atoms with Gasteiger partial charge in [0.25, 0.3) is 5.91 Å². The number of rotatable bonds is 4. The number of nitriles is 1. The maximum Gasteiger partial charge on any atom is 0.268 e. The van der Waals surface area contributed by atoms with Crippen molar-refractivity contribution in [2.24, 2.45) is 0 Å². The molecule has 0 bridgehead atoms. The number of hydrogen-bond donors (Lipinski definition) is 2. The number of aromatic hydroxyl groups is 1. The van der Waals surface area contributed by atoms with Gasteiger partial charge >= 0.3 is 0 Å². The maximum absolute atomic E-state index is 13.9. The summed E-state index contributed by atoms with van der Waals surface area (Å²) in [6, 6.07) is 8.47. The molecular weight excluding hydrogens is 394 g/mol. The van der Waals surface area contributed by atoms with Gasteiger partial charge in [-0.3, -0.25) is 4.79 Å². The van der Waals surface area contributed by atoms with Crippen molar-refractivity contribution in [3.63, 3.8) is 0 Å². The minimum Gasteiger partial charge on any atom is -0.506 e. The van der Waals surface area contributed by atoms with Gasteiger partial charge in [-0.05, 0) is 25.1 Å². The predicted octanol–water partition coefficient (Wildman–Crippen LogP) is 4.60. The lowest BCUT2D eigenvalue weighted by molar-refractivity contribution is -0.126. The van der Waals surface area contributed by atoms with Crippen molar-refractivity contribution in [1.82, 2.24) is 4.90 Å². The van der Waals surface area contributed by atoms with E-state index in [0.29, 0.717) is 0 Å². The van der Waals surface area contributed by atoms with Crippen LogP contribution in [0, 0.1) is 24.1 Å². The summed E-state index contributed by atoms with van der Waals surface area (Å²) in [5, 5.41) is 29.0. The molecule has 0 heterocycles. The molecule has 0 aromatic heterocycles. The van der Waals surface area contributed by atoms with Gasteiger partial charge in [0, 0.05) is 24.7 Å². The largest absolute Gasteiger partial charge is 0.506 e. The van der Waals surface area contributed by atoms with Crippen molar-refractivity contribution in [2.45, 2.75) is 13.5 Å². The number of aliphatic hydroxyl groups excluding tert-OH is 1. The molecule has 0 radical (unpaired) electrons. The average Bonchev–Trinajstić information content (AvgIpc) is 2.62. The third-order valence-corrected chi connectivity index (χ3v) is 4.38. The van der Waals surface area contributed by atoms with Gasteiger partial charge in [-0.15, -0.1) is 0 Å². The zero-order valence-corrected chi connectivity index (χ0v) is 15.9. The Bertz CT molecular complexity index is 960. The standard InChI is InChI=1S/C19H15Cl2FN2O3/c1-10-3-4-16(22)12(5-10)9-24(2)19(27)13(8-23)17(25)11-6-14(20)18(26)15(21)7-11/h3-7,25-26H,9H2,1-2H3/b17-13-. The molecule has 8 heteroatoms. The lowest BCUT2D eigenvalue weighted by Crippen LogP contribution is -2.28. The zero-order chi connectivity index (χ0) is 20.3. The number of likely N-dealkylation sites (N-methyl/N-ethyl adjacent to an activating group) is 1. The number of amides is 1. The van der Waals surface area contributed by atoms with Crippen LogP contribution in [0.5, 0.6) is 5.75 Å². The molecule has 2 aromatic rings. The van der Waals surface area contributed by atoms with Gasteiger partial charge in [0.15, 0.2) is 11.3 Å². The first kappa shape index (κ1) is 20.6. The quantitative estimate of drug-likeness (QED) is 0.439. The van der Waals surface area contributed by atoms with Crippen LogP contribution in [0.4, 0.5) is 4.39 Å². The Hall–Kier alpha value is -2.75. The van der Waals surface area contributed by atoms with E-state index in [1.54, 1.807) is 25.1 Å². The molecule has 0 aliphatic heterocycles. The SMILES string of the molecule is Cc1ccc(F)c(CN(C)C(=O)/C(C#N)=C(\O)c2cc(Cl)c(O)c(Cl)c2)c1. The highest BCUT2D eigenvalue weighted by molar-refractivity contribution is 6.37. The molecule has 2 rings (SSSR count). The molecule has 0 spiro atoms. The Morgan fingerprint density at radius 3 is 2.41 bits per heavy atom. The van der Waals surface area contributed by atoms with Gasteiger partial charge in [-0.2, -0.15) is 5.26 Å². The molecule has 1 amide bonds. The van der Waals surface area contributed by atoms with Crippen LogP contribution in [-0.2, 0) is 11.3 Å². The predicted molar refractivity (Wildman–Crippen MR) is 101 cm³/mol. The van der Waals surface area contributed by atoms with Gasteiger partial charge in [0.2, 0.25) is 0 Å². The van der Waals surface area contributed by atoms with Gasteiger partial charge in [-0.1, -0.05) is 40.9 Å². The fourth-order valence-corrected chi connectivity index (χ4v) is 2.88. The molecule has 0 saturated heterocycles. The molecule has 0 saturated carbocycles. The molecular formula is C19H15Cl2FN2O3. The molecule has 27 heavy (non-hydrogen) atoms. The summed E-state index contributed by atoms with van der Waals surface area (Å²) in [5.74, 6) is -2.32. The van der Waals surface area contributed by atoms with E-state index in [-0.39, 0.29) is 33.5 Å². The number of nitrogens with zero attached hydrogens (tertiary/aromatic N) is 2. The number of phenolic OH excluding ortho intramolecular Hbond substituents is 1. The van der Waals surface area contributed by atoms with Crippen molar-refractivity contribution in [3.05, 3.63) is 68.5 Å². The number of phenols is 1. The van der Waals surface area contributed by atoms with Crippen LogP contribution in [0.3, 0.4) is 0 Å². The monoisotopic (exact) mass is 408 g/mol. The summed E-state index contributed by atoms with van der Waals surface area (Å²) in [4.78, 5) is 13.7. The lowest BCUT2D eigenvalue weighted by atomic mass is 10.1. The van der Waals surface area contributed by atoms with Gasteiger partial charge in [0.05, 0.1) is 10.0 Å². The van der Waals surface area contributed by atoms with Crippen LogP contribution < -0.4 is 0 Å². The van der Waals surface area contributed by atoms with Crippen molar-refractivity contribution in [1.29, 1.82) is 5.26 Å². The summed E-state index contributed by atoms with van der Waals surface area (Å²) < 4.78 is 13.9. The normalized spacial score (nSPS) is 11.6. The van der Waals surface area contributed by atoms with E-state index in [2.05, 4.69) is 0 Å². The molecule has 0 aliphatic carbocycles. The summed E-state index contributed by atoms with van der Waals surface area (Å²) in [6.07, 6.45) is 0. The third-order valence-electron chi connectivity index (χ3n) is 3.81. The van der Waals surface area contributed by atoms with Crippen LogP contribution in [0.2, 0.25) is 10.0 Å². The van der Waals surface area contributed by atoms with E-state index in [0.717, 1.165) is 10.5 Å². The summed E-state index contributed by atoms with van der Waals surface area (Å²) in [5.41, 5.74) is 0.518. The maximum atomic E-state index is 13.9. The second-order valence-corrected chi connectivity index (χ2v) is 6.69. The highest BCUT2D eigenvalue weighted by Crippen LogP contribution is 2.35. The smallest absolute Gasteiger partial charge is 0.268 e. The zero-order valence-electron chi connectivity index (χ0n) is 14.4.